The van der Waals surface area contributed by atoms with Crippen LogP contribution in [0, 0.1) is 0 Å². The number of nitrogens with zero attached hydrogens (tertiary/aromatic N) is 2. The van der Waals surface area contributed by atoms with Gasteiger partial charge in [0.1, 0.15) is 5.75 Å². The first-order valence-corrected chi connectivity index (χ1v) is 12.2. The van der Waals surface area contributed by atoms with Crippen LogP contribution in [0.1, 0.15) is 30.1 Å². The van der Waals surface area contributed by atoms with Crippen molar-refractivity contribution in [3.05, 3.63) is 57.3 Å². The third kappa shape index (κ3) is 5.27. The summed E-state index contributed by atoms with van der Waals surface area (Å²) in [7, 11) is 0. The van der Waals surface area contributed by atoms with Crippen LogP contribution in [-0.4, -0.2) is 29.1 Å². The summed E-state index contributed by atoms with van der Waals surface area (Å²) < 4.78 is 9.98. The van der Waals surface area contributed by atoms with Gasteiger partial charge in [-0.25, -0.2) is 0 Å². The number of rotatable bonds is 8. The molecule has 1 amide bonds. The van der Waals surface area contributed by atoms with E-state index in [0.717, 1.165) is 44.6 Å². The van der Waals surface area contributed by atoms with E-state index < -0.39 is 0 Å². The molecule has 0 atom stereocenters. The fourth-order valence-electron chi connectivity index (χ4n) is 2.74. The quantitative estimate of drug-likeness (QED) is 0.387. The Labute approximate surface area is 181 Å². The summed E-state index contributed by atoms with van der Waals surface area (Å²) >= 11 is 6.84. The highest BCUT2D eigenvalue weighted by Gasteiger charge is 2.10. The number of unbranched alkanes of at least 4 members (excludes halogenated alkanes) is 1. The van der Waals surface area contributed by atoms with E-state index in [2.05, 4.69) is 50.8 Å². The molecular weight excluding hydrogens is 456 g/mol. The highest BCUT2D eigenvalue weighted by molar-refractivity contribution is 9.10. The molecule has 0 aliphatic heterocycles. The molecule has 1 heterocycles. The Morgan fingerprint density at radius 3 is 2.93 bits per heavy atom. The molecule has 0 fully saturated rings. The zero-order valence-electron chi connectivity index (χ0n) is 16.0. The molecule has 0 aliphatic carbocycles. The highest BCUT2D eigenvalue weighted by Crippen LogP contribution is 2.23. The number of fused-ring (bicyclic) bond motifs is 1. The van der Waals surface area contributed by atoms with Gasteiger partial charge in [-0.3, -0.25) is 4.79 Å². The summed E-state index contributed by atoms with van der Waals surface area (Å²) in [4.78, 5) is 18.0. The number of thiazole rings is 1. The zero-order valence-corrected chi connectivity index (χ0v) is 19.2. The molecule has 28 heavy (non-hydrogen) atoms. The normalized spacial score (nSPS) is 11.9. The van der Waals surface area contributed by atoms with Crippen LogP contribution < -0.4 is 9.54 Å². The summed E-state index contributed by atoms with van der Waals surface area (Å²) in [5, 5.41) is 0. The average molecular weight is 479 g/mol. The summed E-state index contributed by atoms with van der Waals surface area (Å²) in [6.07, 6.45) is 4.15. The lowest BCUT2D eigenvalue weighted by Gasteiger charge is -2.06. The Bertz CT molecular complexity index is 1030. The van der Waals surface area contributed by atoms with E-state index in [9.17, 15) is 4.79 Å². The molecule has 0 bridgehead atoms. The maximum Gasteiger partial charge on any atom is 0.279 e. The van der Waals surface area contributed by atoms with Crippen molar-refractivity contribution in [2.75, 3.05) is 18.6 Å². The molecule has 7 heteroatoms. The number of carbonyl (C=O) groups excluding carboxylic acids is 1. The minimum absolute atomic E-state index is 0.246. The van der Waals surface area contributed by atoms with Crippen molar-refractivity contribution >= 4 is 55.2 Å². The SMILES string of the molecule is CCCCOc1cccc(C(=O)N=c2sc3cc(Br)ccc3n2CCSC)c1. The van der Waals surface area contributed by atoms with Crippen molar-refractivity contribution in [2.24, 2.45) is 4.99 Å². The second-order valence-electron chi connectivity index (χ2n) is 6.29. The largest absolute Gasteiger partial charge is 0.494 e. The van der Waals surface area contributed by atoms with Gasteiger partial charge in [0.2, 0.25) is 0 Å². The summed E-state index contributed by atoms with van der Waals surface area (Å²) in [5.41, 5.74) is 1.65. The third-order valence-corrected chi connectivity index (χ3v) is 6.33. The van der Waals surface area contributed by atoms with Gasteiger partial charge in [0.25, 0.3) is 5.91 Å². The van der Waals surface area contributed by atoms with Crippen LogP contribution >= 0.6 is 39.0 Å². The molecule has 0 aliphatic rings. The van der Waals surface area contributed by atoms with Crippen LogP contribution in [0.5, 0.6) is 5.75 Å². The van der Waals surface area contributed by atoms with Crippen LogP contribution in [0.15, 0.2) is 51.9 Å². The van der Waals surface area contributed by atoms with Crippen molar-refractivity contribution in [2.45, 2.75) is 26.3 Å². The number of hydrogen-bond acceptors (Lipinski definition) is 4. The van der Waals surface area contributed by atoms with Gasteiger partial charge in [-0.2, -0.15) is 16.8 Å². The van der Waals surface area contributed by atoms with Crippen LogP contribution in [0.4, 0.5) is 0 Å². The number of halogens is 1. The molecule has 4 nitrogen and oxygen atoms in total. The Morgan fingerprint density at radius 2 is 2.14 bits per heavy atom. The van der Waals surface area contributed by atoms with Crippen molar-refractivity contribution in [1.82, 2.24) is 4.57 Å². The van der Waals surface area contributed by atoms with E-state index in [-0.39, 0.29) is 5.91 Å². The first-order valence-electron chi connectivity index (χ1n) is 9.22. The van der Waals surface area contributed by atoms with Crippen molar-refractivity contribution < 1.29 is 9.53 Å². The Balaban J connectivity index is 1.94. The van der Waals surface area contributed by atoms with E-state index in [1.165, 1.54) is 11.3 Å². The monoisotopic (exact) mass is 478 g/mol. The van der Waals surface area contributed by atoms with Crippen LogP contribution in [0.25, 0.3) is 10.2 Å². The van der Waals surface area contributed by atoms with Crippen molar-refractivity contribution in [1.29, 1.82) is 0 Å². The van der Waals surface area contributed by atoms with E-state index in [1.807, 2.05) is 18.2 Å². The molecule has 0 saturated heterocycles. The van der Waals surface area contributed by atoms with Gasteiger partial charge in [0.15, 0.2) is 4.80 Å². The molecule has 3 aromatic rings. The topological polar surface area (TPSA) is 43.6 Å². The van der Waals surface area contributed by atoms with Gasteiger partial charge >= 0.3 is 0 Å². The predicted octanol–water partition coefficient (Wildman–Crippen LogP) is 5.75. The van der Waals surface area contributed by atoms with Gasteiger partial charge < -0.3 is 9.30 Å². The fourth-order valence-corrected chi connectivity index (χ4v) is 4.71. The van der Waals surface area contributed by atoms with Crippen molar-refractivity contribution in [3.8, 4) is 5.75 Å². The number of aryl methyl sites for hydroxylation is 1. The number of hydrogen-bond donors (Lipinski definition) is 0. The zero-order chi connectivity index (χ0) is 19.9. The maximum atomic E-state index is 12.8. The first-order chi connectivity index (χ1) is 13.6. The Kier molecular flexibility index (Phi) is 7.76. The number of amides is 1. The predicted molar refractivity (Wildman–Crippen MR) is 123 cm³/mol. The van der Waals surface area contributed by atoms with E-state index >= 15 is 0 Å². The lowest BCUT2D eigenvalue weighted by atomic mass is 10.2. The molecule has 0 spiro atoms. The second-order valence-corrected chi connectivity index (χ2v) is 9.20. The maximum absolute atomic E-state index is 12.8. The summed E-state index contributed by atoms with van der Waals surface area (Å²) in [5.74, 6) is 1.43. The number of benzene rings is 2. The van der Waals surface area contributed by atoms with Crippen LogP contribution in [-0.2, 0) is 6.54 Å². The molecule has 0 radical (unpaired) electrons. The van der Waals surface area contributed by atoms with Gasteiger partial charge in [-0.05, 0) is 49.1 Å². The number of carbonyl (C=O) groups is 1. The molecule has 148 valence electrons. The second kappa shape index (κ2) is 10.3. The Hall–Kier alpha value is -1.57. The molecule has 3 rings (SSSR count). The minimum Gasteiger partial charge on any atom is -0.494 e. The van der Waals surface area contributed by atoms with Crippen LogP contribution in [0.2, 0.25) is 0 Å². The number of thioether (sulfide) groups is 1. The van der Waals surface area contributed by atoms with Gasteiger partial charge in [-0.1, -0.05) is 46.7 Å². The summed E-state index contributed by atoms with van der Waals surface area (Å²) in [6, 6.07) is 13.4. The standard InChI is InChI=1S/C21H23BrN2O2S2/c1-3-4-11-26-17-7-5-6-15(13-17)20(25)23-21-24(10-12-27-2)18-9-8-16(22)14-19(18)28-21/h5-9,13-14H,3-4,10-12H2,1-2H3. The minimum atomic E-state index is -0.246. The molecule has 0 unspecified atom stereocenters. The molecular formula is C21H23BrN2O2S2. The summed E-state index contributed by atoms with van der Waals surface area (Å²) in [6.45, 7) is 3.60. The average Bonchev–Trinajstić information content (AvgIpc) is 3.02. The van der Waals surface area contributed by atoms with E-state index in [4.69, 9.17) is 4.74 Å². The molecule has 0 saturated carbocycles. The number of aromatic nitrogens is 1. The lowest BCUT2D eigenvalue weighted by molar-refractivity contribution is 0.0997. The first kappa shape index (κ1) is 21.1. The van der Waals surface area contributed by atoms with E-state index in [1.54, 1.807) is 23.9 Å². The Morgan fingerprint density at radius 1 is 1.29 bits per heavy atom. The molecule has 1 aromatic heterocycles. The number of ether oxygens (including phenoxy) is 1. The molecule has 2 aromatic carbocycles. The fraction of sp³-hybridized carbons (Fsp3) is 0.333. The van der Waals surface area contributed by atoms with Crippen molar-refractivity contribution in [3.63, 3.8) is 0 Å². The highest BCUT2D eigenvalue weighted by atomic mass is 79.9. The van der Waals surface area contributed by atoms with E-state index in [0.29, 0.717) is 17.9 Å². The van der Waals surface area contributed by atoms with Gasteiger partial charge in [0.05, 0.1) is 16.8 Å². The van der Waals surface area contributed by atoms with Gasteiger partial charge in [0, 0.05) is 22.3 Å². The third-order valence-electron chi connectivity index (χ3n) is 4.21. The molecule has 0 N–H and O–H groups in total. The smallest absolute Gasteiger partial charge is 0.279 e. The van der Waals surface area contributed by atoms with Crippen LogP contribution in [0.3, 0.4) is 0 Å². The van der Waals surface area contributed by atoms with Gasteiger partial charge in [-0.15, -0.1) is 0 Å². The lowest BCUT2D eigenvalue weighted by Crippen LogP contribution is -2.18.